The molecule has 1 aliphatic rings. The maximum absolute atomic E-state index is 11.4. The highest BCUT2D eigenvalue weighted by Crippen LogP contribution is 2.21. The molecule has 1 fully saturated rings. The molecule has 0 atom stereocenters. The van der Waals surface area contributed by atoms with Crippen molar-refractivity contribution in [3.05, 3.63) is 17.8 Å². The Morgan fingerprint density at radius 2 is 2.00 bits per heavy atom. The number of ketones is 1. The van der Waals surface area contributed by atoms with E-state index < -0.39 is 0 Å². The van der Waals surface area contributed by atoms with Crippen molar-refractivity contribution in [2.75, 3.05) is 18.0 Å². The van der Waals surface area contributed by atoms with E-state index in [-0.39, 0.29) is 11.2 Å². The molecule has 0 radical (unpaired) electrons. The van der Waals surface area contributed by atoms with E-state index in [0.717, 1.165) is 24.5 Å². The van der Waals surface area contributed by atoms with Crippen LogP contribution in [0.4, 0.5) is 5.82 Å². The maximum atomic E-state index is 11.4. The third-order valence-electron chi connectivity index (χ3n) is 2.99. The summed E-state index contributed by atoms with van der Waals surface area (Å²) in [5.74, 6) is 1.10. The highest BCUT2D eigenvalue weighted by atomic mass is 16.1. The number of Topliss-reactive ketones (excluding diaryl/α,β-unsaturated/α-hetero) is 1. The number of nitrogens with zero attached hydrogens (tertiary/aromatic N) is 3. The number of hydrogen-bond acceptors (Lipinski definition) is 4. The standard InChI is InChI=1S/C13H19N3O/c1-13(2,3)11-6-7-12(15-14-11)16-8-4-5-10(17)9-16/h6-7H,4-5,8-9H2,1-3H3. The number of carbonyl (C=O) groups is 1. The van der Waals surface area contributed by atoms with Gasteiger partial charge in [0.1, 0.15) is 0 Å². The molecule has 2 heterocycles. The third-order valence-corrected chi connectivity index (χ3v) is 2.99. The first-order valence-corrected chi connectivity index (χ1v) is 6.08. The molecule has 0 aliphatic carbocycles. The molecule has 4 heteroatoms. The number of aromatic nitrogens is 2. The highest BCUT2D eigenvalue weighted by Gasteiger charge is 2.20. The Hall–Kier alpha value is -1.45. The van der Waals surface area contributed by atoms with Crippen molar-refractivity contribution in [1.29, 1.82) is 0 Å². The summed E-state index contributed by atoms with van der Waals surface area (Å²) in [5.41, 5.74) is 0.994. The largest absolute Gasteiger partial charge is 0.348 e. The second-order valence-corrected chi connectivity index (χ2v) is 5.59. The van der Waals surface area contributed by atoms with E-state index in [4.69, 9.17) is 0 Å². The fourth-order valence-electron chi connectivity index (χ4n) is 1.93. The van der Waals surface area contributed by atoms with Crippen LogP contribution in [0.1, 0.15) is 39.3 Å². The summed E-state index contributed by atoms with van der Waals surface area (Å²) >= 11 is 0. The maximum Gasteiger partial charge on any atom is 0.152 e. The first-order chi connectivity index (χ1) is 7.97. The van der Waals surface area contributed by atoms with Gasteiger partial charge in [-0.15, -0.1) is 5.10 Å². The van der Waals surface area contributed by atoms with Crippen molar-refractivity contribution >= 4 is 11.6 Å². The molecule has 0 N–H and O–H groups in total. The van der Waals surface area contributed by atoms with Crippen molar-refractivity contribution in [3.8, 4) is 0 Å². The van der Waals surface area contributed by atoms with Crippen LogP contribution in [-0.2, 0) is 10.2 Å². The molecular formula is C13H19N3O. The van der Waals surface area contributed by atoms with Crippen molar-refractivity contribution in [2.24, 2.45) is 0 Å². The molecule has 1 saturated heterocycles. The van der Waals surface area contributed by atoms with Gasteiger partial charge in [-0.2, -0.15) is 5.10 Å². The van der Waals surface area contributed by atoms with Gasteiger partial charge >= 0.3 is 0 Å². The zero-order chi connectivity index (χ0) is 12.5. The Bertz CT molecular complexity index is 406. The fourth-order valence-corrected chi connectivity index (χ4v) is 1.93. The number of hydrogen-bond donors (Lipinski definition) is 0. The number of carbonyl (C=O) groups excluding carboxylic acids is 1. The lowest BCUT2D eigenvalue weighted by atomic mass is 9.92. The molecule has 2 rings (SSSR count). The topological polar surface area (TPSA) is 46.1 Å². The lowest BCUT2D eigenvalue weighted by Crippen LogP contribution is -2.36. The quantitative estimate of drug-likeness (QED) is 0.743. The van der Waals surface area contributed by atoms with Crippen LogP contribution in [0.25, 0.3) is 0 Å². The number of anilines is 1. The summed E-state index contributed by atoms with van der Waals surface area (Å²) in [7, 11) is 0. The Morgan fingerprint density at radius 1 is 1.24 bits per heavy atom. The molecule has 0 unspecified atom stereocenters. The Balaban J connectivity index is 2.15. The predicted octanol–water partition coefficient (Wildman–Crippen LogP) is 1.94. The van der Waals surface area contributed by atoms with Gasteiger partial charge < -0.3 is 4.90 Å². The molecule has 1 aromatic rings. The summed E-state index contributed by atoms with van der Waals surface area (Å²) < 4.78 is 0. The van der Waals surface area contributed by atoms with Crippen molar-refractivity contribution in [1.82, 2.24) is 10.2 Å². The van der Waals surface area contributed by atoms with Gasteiger partial charge in [0, 0.05) is 18.4 Å². The minimum atomic E-state index is 0.0171. The minimum absolute atomic E-state index is 0.0171. The van der Waals surface area contributed by atoms with Crippen LogP contribution in [0.15, 0.2) is 12.1 Å². The van der Waals surface area contributed by atoms with Gasteiger partial charge in [-0.1, -0.05) is 20.8 Å². The van der Waals surface area contributed by atoms with Crippen LogP contribution in [0.5, 0.6) is 0 Å². The molecular weight excluding hydrogens is 214 g/mol. The highest BCUT2D eigenvalue weighted by molar-refractivity contribution is 5.84. The molecule has 0 spiro atoms. The van der Waals surface area contributed by atoms with Crippen molar-refractivity contribution in [3.63, 3.8) is 0 Å². The second kappa shape index (κ2) is 4.43. The van der Waals surface area contributed by atoms with E-state index in [1.165, 1.54) is 0 Å². The first kappa shape index (κ1) is 12.0. The van der Waals surface area contributed by atoms with E-state index >= 15 is 0 Å². The van der Waals surface area contributed by atoms with Gasteiger partial charge in [0.15, 0.2) is 11.6 Å². The van der Waals surface area contributed by atoms with Crippen LogP contribution in [0.2, 0.25) is 0 Å². The van der Waals surface area contributed by atoms with Gasteiger partial charge in [0.05, 0.1) is 12.2 Å². The SMILES string of the molecule is CC(C)(C)c1ccc(N2CCCC(=O)C2)nn1. The zero-order valence-electron chi connectivity index (χ0n) is 10.7. The normalized spacial score (nSPS) is 17.4. The van der Waals surface area contributed by atoms with E-state index in [2.05, 4.69) is 31.0 Å². The summed E-state index contributed by atoms with van der Waals surface area (Å²) in [6, 6.07) is 3.97. The third kappa shape index (κ3) is 2.81. The molecule has 0 aromatic carbocycles. The van der Waals surface area contributed by atoms with Crippen LogP contribution in [0.3, 0.4) is 0 Å². The lowest BCUT2D eigenvalue weighted by molar-refractivity contribution is -0.118. The van der Waals surface area contributed by atoms with Gasteiger partial charge in [-0.3, -0.25) is 4.79 Å². The average Bonchev–Trinajstić information content (AvgIpc) is 2.28. The number of rotatable bonds is 1. The van der Waals surface area contributed by atoms with E-state index in [1.54, 1.807) is 0 Å². The summed E-state index contributed by atoms with van der Waals surface area (Å²) in [5, 5.41) is 8.47. The van der Waals surface area contributed by atoms with Crippen LogP contribution < -0.4 is 4.90 Å². The van der Waals surface area contributed by atoms with E-state index in [1.807, 2.05) is 17.0 Å². The molecule has 4 nitrogen and oxygen atoms in total. The van der Waals surface area contributed by atoms with Gasteiger partial charge in [0.25, 0.3) is 0 Å². The molecule has 0 saturated carbocycles. The second-order valence-electron chi connectivity index (χ2n) is 5.59. The summed E-state index contributed by atoms with van der Waals surface area (Å²) in [4.78, 5) is 13.4. The van der Waals surface area contributed by atoms with Gasteiger partial charge in [-0.25, -0.2) is 0 Å². The van der Waals surface area contributed by atoms with E-state index in [0.29, 0.717) is 13.0 Å². The average molecular weight is 233 g/mol. The van der Waals surface area contributed by atoms with Crippen LogP contribution in [0, 0.1) is 0 Å². The Labute approximate surface area is 102 Å². The molecule has 1 aliphatic heterocycles. The van der Waals surface area contributed by atoms with Crippen LogP contribution in [-0.4, -0.2) is 29.1 Å². The van der Waals surface area contributed by atoms with E-state index in [9.17, 15) is 4.79 Å². The van der Waals surface area contributed by atoms with Crippen LogP contribution >= 0.6 is 0 Å². The first-order valence-electron chi connectivity index (χ1n) is 6.08. The zero-order valence-corrected chi connectivity index (χ0v) is 10.7. The van der Waals surface area contributed by atoms with Gasteiger partial charge in [0.2, 0.25) is 0 Å². The molecule has 92 valence electrons. The fraction of sp³-hybridized carbons (Fsp3) is 0.615. The summed E-state index contributed by atoms with van der Waals surface area (Å²) in [6.45, 7) is 7.71. The van der Waals surface area contributed by atoms with Gasteiger partial charge in [-0.05, 0) is 18.6 Å². The minimum Gasteiger partial charge on any atom is -0.348 e. The molecule has 17 heavy (non-hydrogen) atoms. The Morgan fingerprint density at radius 3 is 2.53 bits per heavy atom. The summed E-state index contributed by atoms with van der Waals surface area (Å²) in [6.07, 6.45) is 1.62. The van der Waals surface area contributed by atoms with Crippen molar-refractivity contribution in [2.45, 2.75) is 39.0 Å². The monoisotopic (exact) mass is 233 g/mol. The smallest absolute Gasteiger partial charge is 0.152 e. The molecule has 0 bridgehead atoms. The predicted molar refractivity (Wildman–Crippen MR) is 67.2 cm³/mol. The lowest BCUT2D eigenvalue weighted by Gasteiger charge is -2.26. The number of piperidine rings is 1. The Kier molecular flexibility index (Phi) is 3.13. The molecule has 1 aromatic heterocycles. The molecule has 0 amide bonds. The van der Waals surface area contributed by atoms with Crippen molar-refractivity contribution < 1.29 is 4.79 Å².